The third-order valence-electron chi connectivity index (χ3n) is 2.61. The molecule has 0 atom stereocenters. The Morgan fingerprint density at radius 3 is 3.00 bits per heavy atom. The van der Waals surface area contributed by atoms with Crippen molar-refractivity contribution in [3.8, 4) is 0 Å². The molecule has 14 heavy (non-hydrogen) atoms. The van der Waals surface area contributed by atoms with Gasteiger partial charge in [0.25, 0.3) is 0 Å². The molecule has 2 nitrogen and oxygen atoms in total. The Morgan fingerprint density at radius 1 is 1.21 bits per heavy atom. The van der Waals surface area contributed by atoms with Gasteiger partial charge in [0, 0.05) is 22.9 Å². The lowest BCUT2D eigenvalue weighted by atomic mass is 10.0. The molecule has 1 aromatic carbocycles. The zero-order valence-electron chi connectivity index (χ0n) is 7.58. The fourth-order valence-corrected chi connectivity index (χ4v) is 1.94. The molecule has 1 aromatic heterocycles. The maximum absolute atomic E-state index is 11.6. The molecule has 0 amide bonds. The van der Waals surface area contributed by atoms with Crippen LogP contribution in [0.2, 0.25) is 0 Å². The third-order valence-corrected chi connectivity index (χ3v) is 2.61. The number of hydrogen-bond acceptors (Lipinski definition) is 1. The second kappa shape index (κ2) is 2.58. The number of para-hydroxylation sites is 1. The van der Waals surface area contributed by atoms with E-state index in [0.29, 0.717) is 6.42 Å². The first-order valence-corrected chi connectivity index (χ1v) is 4.67. The van der Waals surface area contributed by atoms with Crippen molar-refractivity contribution in [2.75, 3.05) is 0 Å². The zero-order chi connectivity index (χ0) is 9.54. The van der Waals surface area contributed by atoms with Crippen LogP contribution in [0.5, 0.6) is 0 Å². The molecule has 0 radical (unpaired) electrons. The quantitative estimate of drug-likeness (QED) is 0.669. The van der Waals surface area contributed by atoms with Crippen molar-refractivity contribution in [3.63, 3.8) is 0 Å². The van der Waals surface area contributed by atoms with E-state index in [1.54, 1.807) is 0 Å². The molecule has 1 N–H and O–H groups in total. The van der Waals surface area contributed by atoms with Crippen LogP contribution < -0.4 is 0 Å². The number of ketones is 1. The first-order chi connectivity index (χ1) is 6.86. The average Bonchev–Trinajstić information content (AvgIpc) is 2.59. The summed E-state index contributed by atoms with van der Waals surface area (Å²) in [4.78, 5) is 14.7. The summed E-state index contributed by atoms with van der Waals surface area (Å²) in [6.07, 6.45) is 4.46. The standard InChI is InChI=1S/C12H9NO/c14-11-7-3-5-9-8-4-1-2-6-10(8)13-12(9)11/h1-6,13H,7H2. The number of benzene rings is 1. The lowest BCUT2D eigenvalue weighted by Gasteiger charge is -2.02. The van der Waals surface area contributed by atoms with Crippen LogP contribution in [0.3, 0.4) is 0 Å². The van der Waals surface area contributed by atoms with Crippen molar-refractivity contribution in [1.29, 1.82) is 0 Å². The van der Waals surface area contributed by atoms with Crippen LogP contribution in [0.25, 0.3) is 17.0 Å². The Morgan fingerprint density at radius 2 is 2.07 bits per heavy atom. The highest BCUT2D eigenvalue weighted by molar-refractivity contribution is 6.08. The predicted octanol–water partition coefficient (Wildman–Crippen LogP) is 2.77. The van der Waals surface area contributed by atoms with Crippen LogP contribution in [-0.4, -0.2) is 10.8 Å². The summed E-state index contributed by atoms with van der Waals surface area (Å²) in [6, 6.07) is 7.99. The highest BCUT2D eigenvalue weighted by Gasteiger charge is 2.17. The van der Waals surface area contributed by atoms with E-state index in [2.05, 4.69) is 4.98 Å². The SMILES string of the molecule is O=C1CC=Cc2c1[nH]c1ccccc21. The maximum atomic E-state index is 11.6. The molecule has 0 bridgehead atoms. The van der Waals surface area contributed by atoms with Crippen molar-refractivity contribution in [2.24, 2.45) is 0 Å². The van der Waals surface area contributed by atoms with Gasteiger partial charge in [-0.25, -0.2) is 0 Å². The summed E-state index contributed by atoms with van der Waals surface area (Å²) >= 11 is 0. The summed E-state index contributed by atoms with van der Waals surface area (Å²) in [6.45, 7) is 0. The van der Waals surface area contributed by atoms with Gasteiger partial charge in [0.15, 0.2) is 5.78 Å². The van der Waals surface area contributed by atoms with Gasteiger partial charge in [0.2, 0.25) is 0 Å². The lowest BCUT2D eigenvalue weighted by molar-refractivity contribution is 0.0990. The Bertz CT molecular complexity index is 548. The molecular weight excluding hydrogens is 174 g/mol. The van der Waals surface area contributed by atoms with E-state index < -0.39 is 0 Å². The molecule has 3 rings (SSSR count). The Balaban J connectivity index is 2.45. The minimum Gasteiger partial charge on any atom is -0.352 e. The Labute approximate surface area is 81.2 Å². The molecule has 0 unspecified atom stereocenters. The van der Waals surface area contributed by atoms with E-state index in [1.165, 1.54) is 0 Å². The van der Waals surface area contributed by atoms with E-state index in [0.717, 1.165) is 22.2 Å². The van der Waals surface area contributed by atoms with Crippen molar-refractivity contribution >= 4 is 22.8 Å². The maximum Gasteiger partial charge on any atom is 0.183 e. The van der Waals surface area contributed by atoms with Crippen LogP contribution in [0.4, 0.5) is 0 Å². The smallest absolute Gasteiger partial charge is 0.183 e. The van der Waals surface area contributed by atoms with Gasteiger partial charge in [0.1, 0.15) is 0 Å². The summed E-state index contributed by atoms with van der Waals surface area (Å²) < 4.78 is 0. The fraction of sp³-hybridized carbons (Fsp3) is 0.0833. The second-order valence-corrected chi connectivity index (χ2v) is 3.49. The van der Waals surface area contributed by atoms with Crippen LogP contribution in [-0.2, 0) is 0 Å². The predicted molar refractivity (Wildman–Crippen MR) is 56.3 cm³/mol. The summed E-state index contributed by atoms with van der Waals surface area (Å²) in [5.41, 5.74) is 2.84. The minimum absolute atomic E-state index is 0.179. The molecular formula is C12H9NO. The molecule has 1 heterocycles. The van der Waals surface area contributed by atoms with Gasteiger partial charge < -0.3 is 4.98 Å². The molecule has 2 aromatic rings. The summed E-state index contributed by atoms with van der Waals surface area (Å²) in [5.74, 6) is 0.179. The molecule has 1 aliphatic rings. The van der Waals surface area contributed by atoms with Gasteiger partial charge in [-0.05, 0) is 6.07 Å². The third kappa shape index (κ3) is 0.880. The average molecular weight is 183 g/mol. The number of H-pyrrole nitrogens is 1. The molecule has 68 valence electrons. The van der Waals surface area contributed by atoms with Crippen LogP contribution in [0.1, 0.15) is 22.5 Å². The fourth-order valence-electron chi connectivity index (χ4n) is 1.94. The largest absolute Gasteiger partial charge is 0.352 e. The molecule has 0 fully saturated rings. The number of aromatic nitrogens is 1. The number of hydrogen-bond donors (Lipinski definition) is 1. The second-order valence-electron chi connectivity index (χ2n) is 3.49. The van der Waals surface area contributed by atoms with E-state index in [4.69, 9.17) is 0 Å². The van der Waals surface area contributed by atoms with Gasteiger partial charge in [-0.15, -0.1) is 0 Å². The Hall–Kier alpha value is -1.83. The monoisotopic (exact) mass is 183 g/mol. The number of nitrogens with one attached hydrogen (secondary N) is 1. The van der Waals surface area contributed by atoms with Crippen molar-refractivity contribution in [3.05, 3.63) is 41.6 Å². The van der Waals surface area contributed by atoms with Gasteiger partial charge in [-0.3, -0.25) is 4.79 Å². The number of carbonyl (C=O) groups is 1. The number of aromatic amines is 1. The molecule has 0 spiro atoms. The number of rotatable bonds is 0. The minimum atomic E-state index is 0.179. The number of carbonyl (C=O) groups excluding carboxylic acids is 1. The van der Waals surface area contributed by atoms with Crippen molar-refractivity contribution in [2.45, 2.75) is 6.42 Å². The highest BCUT2D eigenvalue weighted by Crippen LogP contribution is 2.27. The summed E-state index contributed by atoms with van der Waals surface area (Å²) in [7, 11) is 0. The summed E-state index contributed by atoms with van der Waals surface area (Å²) in [5, 5.41) is 1.13. The molecule has 1 aliphatic carbocycles. The number of Topliss-reactive ketones (excluding diaryl/α,β-unsaturated/α-hetero) is 1. The van der Waals surface area contributed by atoms with Crippen molar-refractivity contribution in [1.82, 2.24) is 4.98 Å². The first-order valence-electron chi connectivity index (χ1n) is 4.67. The van der Waals surface area contributed by atoms with E-state index >= 15 is 0 Å². The van der Waals surface area contributed by atoms with E-state index in [9.17, 15) is 4.79 Å². The van der Waals surface area contributed by atoms with Gasteiger partial charge in [-0.1, -0.05) is 30.4 Å². The Kier molecular flexibility index (Phi) is 1.39. The van der Waals surface area contributed by atoms with Crippen molar-refractivity contribution < 1.29 is 4.79 Å². The van der Waals surface area contributed by atoms with Gasteiger partial charge in [-0.2, -0.15) is 0 Å². The van der Waals surface area contributed by atoms with Gasteiger partial charge in [0.05, 0.1) is 5.69 Å². The van der Waals surface area contributed by atoms with Crippen LogP contribution in [0.15, 0.2) is 30.3 Å². The first kappa shape index (κ1) is 7.56. The topological polar surface area (TPSA) is 32.9 Å². The highest BCUT2D eigenvalue weighted by atomic mass is 16.1. The van der Waals surface area contributed by atoms with Gasteiger partial charge >= 0.3 is 0 Å². The molecule has 0 saturated heterocycles. The molecule has 0 aliphatic heterocycles. The molecule has 0 saturated carbocycles. The normalized spacial score (nSPS) is 14.7. The number of fused-ring (bicyclic) bond motifs is 3. The zero-order valence-corrected chi connectivity index (χ0v) is 7.58. The lowest BCUT2D eigenvalue weighted by Crippen LogP contribution is -2.02. The van der Waals surface area contributed by atoms with E-state index in [1.807, 2.05) is 36.4 Å². The molecule has 2 heteroatoms. The number of allylic oxidation sites excluding steroid dienone is 1. The van der Waals surface area contributed by atoms with Crippen LogP contribution in [0, 0.1) is 0 Å². The van der Waals surface area contributed by atoms with Crippen LogP contribution >= 0.6 is 0 Å². The van der Waals surface area contributed by atoms with E-state index in [-0.39, 0.29) is 5.78 Å².